The van der Waals surface area contributed by atoms with Gasteiger partial charge in [-0.05, 0) is 55.0 Å². The summed E-state index contributed by atoms with van der Waals surface area (Å²) in [6.45, 7) is 4.20. The number of anilines is 2. The number of carboxylic acid groups (broad SMARTS) is 1. The van der Waals surface area contributed by atoms with Gasteiger partial charge in [-0.2, -0.15) is 0 Å². The first-order valence-electron chi connectivity index (χ1n) is 13.9. The SMILES string of the molecule is CCNC(=O)Nc1cc(C(=O)NC(CC(=O)O)c2cccnc2)ccc1N1CCN(C(=O)c2ccc3c(c2)OCO3)CC1. The molecule has 1 unspecified atom stereocenters. The van der Waals surface area contributed by atoms with Crippen molar-refractivity contribution >= 4 is 35.2 Å². The summed E-state index contributed by atoms with van der Waals surface area (Å²) >= 11 is 0. The van der Waals surface area contributed by atoms with E-state index in [0.29, 0.717) is 66.7 Å². The van der Waals surface area contributed by atoms with Gasteiger partial charge in [-0.3, -0.25) is 19.4 Å². The number of carbonyl (C=O) groups is 4. The van der Waals surface area contributed by atoms with Crippen LogP contribution in [0.1, 0.15) is 45.7 Å². The van der Waals surface area contributed by atoms with Crippen molar-refractivity contribution in [3.8, 4) is 11.5 Å². The Hall–Kier alpha value is -5.33. The van der Waals surface area contributed by atoms with Crippen LogP contribution in [0.2, 0.25) is 0 Å². The number of carbonyl (C=O) groups excluding carboxylic acids is 3. The molecule has 13 heteroatoms. The number of carboxylic acids is 1. The van der Waals surface area contributed by atoms with Gasteiger partial charge in [-0.15, -0.1) is 0 Å². The van der Waals surface area contributed by atoms with Gasteiger partial charge in [0.05, 0.1) is 23.8 Å². The van der Waals surface area contributed by atoms with Gasteiger partial charge >= 0.3 is 12.0 Å². The lowest BCUT2D eigenvalue weighted by Gasteiger charge is -2.37. The van der Waals surface area contributed by atoms with Crippen molar-refractivity contribution in [3.63, 3.8) is 0 Å². The fourth-order valence-corrected chi connectivity index (χ4v) is 4.99. The van der Waals surface area contributed by atoms with Gasteiger partial charge in [-0.1, -0.05) is 6.07 Å². The summed E-state index contributed by atoms with van der Waals surface area (Å²) in [7, 11) is 0. The monoisotopic (exact) mass is 588 g/mol. The highest BCUT2D eigenvalue weighted by atomic mass is 16.7. The van der Waals surface area contributed by atoms with Gasteiger partial charge in [-0.25, -0.2) is 4.79 Å². The summed E-state index contributed by atoms with van der Waals surface area (Å²) < 4.78 is 10.7. The molecule has 13 nitrogen and oxygen atoms in total. The van der Waals surface area contributed by atoms with Crippen LogP contribution in [0.3, 0.4) is 0 Å². The maximum Gasteiger partial charge on any atom is 0.319 e. The van der Waals surface area contributed by atoms with Crippen molar-refractivity contribution < 1.29 is 33.8 Å². The third-order valence-electron chi connectivity index (χ3n) is 7.14. The summed E-state index contributed by atoms with van der Waals surface area (Å²) in [6.07, 6.45) is 2.75. The number of hydrogen-bond acceptors (Lipinski definition) is 8. The molecule has 0 radical (unpaired) electrons. The topological polar surface area (TPSA) is 162 Å². The number of aliphatic carboxylic acids is 1. The molecule has 0 bridgehead atoms. The zero-order valence-electron chi connectivity index (χ0n) is 23.5. The minimum Gasteiger partial charge on any atom is -0.481 e. The predicted molar refractivity (Wildman–Crippen MR) is 157 cm³/mol. The minimum atomic E-state index is -1.07. The molecular weight excluding hydrogens is 556 g/mol. The van der Waals surface area contributed by atoms with Gasteiger partial charge in [0.1, 0.15) is 0 Å². The van der Waals surface area contributed by atoms with E-state index in [1.807, 2.05) is 4.90 Å². The van der Waals surface area contributed by atoms with Gasteiger partial charge < -0.3 is 40.3 Å². The van der Waals surface area contributed by atoms with E-state index < -0.39 is 23.9 Å². The summed E-state index contributed by atoms with van der Waals surface area (Å²) in [5, 5.41) is 17.7. The normalized spacial score (nSPS) is 14.5. The smallest absolute Gasteiger partial charge is 0.319 e. The molecule has 0 saturated carbocycles. The summed E-state index contributed by atoms with van der Waals surface area (Å²) in [4.78, 5) is 58.2. The summed E-state index contributed by atoms with van der Waals surface area (Å²) in [6, 6.07) is 12.2. The number of benzene rings is 2. The van der Waals surface area contributed by atoms with Crippen molar-refractivity contribution in [1.29, 1.82) is 0 Å². The van der Waals surface area contributed by atoms with Crippen LogP contribution in [0.4, 0.5) is 16.2 Å². The van der Waals surface area contributed by atoms with E-state index in [0.717, 1.165) is 0 Å². The maximum atomic E-state index is 13.3. The van der Waals surface area contributed by atoms with Crippen molar-refractivity contribution in [2.45, 2.75) is 19.4 Å². The first kappa shape index (κ1) is 29.2. The van der Waals surface area contributed by atoms with E-state index in [-0.39, 0.29) is 24.7 Å². The van der Waals surface area contributed by atoms with Crippen LogP contribution >= 0.6 is 0 Å². The molecule has 1 saturated heterocycles. The highest BCUT2D eigenvalue weighted by molar-refractivity contribution is 6.00. The number of ether oxygens (including phenoxy) is 2. The molecule has 1 atom stereocenters. The van der Waals surface area contributed by atoms with Crippen molar-refractivity contribution in [2.75, 3.05) is 49.7 Å². The molecule has 2 aromatic carbocycles. The Balaban J connectivity index is 1.31. The van der Waals surface area contributed by atoms with Gasteiger partial charge in [0.25, 0.3) is 11.8 Å². The van der Waals surface area contributed by atoms with Crippen LogP contribution in [0.25, 0.3) is 0 Å². The number of urea groups is 1. The van der Waals surface area contributed by atoms with Crippen LogP contribution < -0.4 is 30.3 Å². The zero-order chi connectivity index (χ0) is 30.3. The minimum absolute atomic E-state index is 0.116. The van der Waals surface area contributed by atoms with E-state index in [1.165, 1.54) is 6.20 Å². The van der Waals surface area contributed by atoms with Crippen molar-refractivity contribution in [3.05, 3.63) is 77.6 Å². The largest absolute Gasteiger partial charge is 0.481 e. The highest BCUT2D eigenvalue weighted by Crippen LogP contribution is 2.33. The van der Waals surface area contributed by atoms with Crippen LogP contribution in [-0.4, -0.2) is 78.3 Å². The first-order chi connectivity index (χ1) is 20.8. The Bertz CT molecular complexity index is 1510. The van der Waals surface area contributed by atoms with E-state index in [4.69, 9.17) is 9.47 Å². The lowest BCUT2D eigenvalue weighted by atomic mass is 10.0. The molecule has 1 aromatic heterocycles. The fraction of sp³-hybridized carbons (Fsp3) is 0.300. The predicted octanol–water partition coefficient (Wildman–Crippen LogP) is 2.86. The van der Waals surface area contributed by atoms with Crippen LogP contribution in [-0.2, 0) is 4.79 Å². The third-order valence-corrected chi connectivity index (χ3v) is 7.14. The molecular formula is C30H32N6O7. The number of nitrogens with one attached hydrogen (secondary N) is 3. The van der Waals surface area contributed by atoms with Crippen molar-refractivity contribution in [1.82, 2.24) is 20.5 Å². The van der Waals surface area contributed by atoms with Gasteiger partial charge in [0.2, 0.25) is 6.79 Å². The molecule has 3 heterocycles. The number of piperazine rings is 1. The Labute approximate surface area is 247 Å². The van der Waals surface area contributed by atoms with E-state index in [9.17, 15) is 24.3 Å². The molecule has 43 heavy (non-hydrogen) atoms. The number of pyridine rings is 1. The Kier molecular flexibility index (Phi) is 8.89. The quantitative estimate of drug-likeness (QED) is 0.294. The van der Waals surface area contributed by atoms with Crippen molar-refractivity contribution in [2.24, 2.45) is 0 Å². The average Bonchev–Trinajstić information content (AvgIpc) is 3.49. The second kappa shape index (κ2) is 13.1. The second-order valence-corrected chi connectivity index (χ2v) is 9.97. The lowest BCUT2D eigenvalue weighted by molar-refractivity contribution is -0.137. The highest BCUT2D eigenvalue weighted by Gasteiger charge is 2.26. The van der Waals surface area contributed by atoms with E-state index in [2.05, 4.69) is 20.9 Å². The van der Waals surface area contributed by atoms with E-state index in [1.54, 1.807) is 66.6 Å². The fourth-order valence-electron chi connectivity index (χ4n) is 4.99. The van der Waals surface area contributed by atoms with Crippen LogP contribution in [0.15, 0.2) is 60.9 Å². The number of rotatable bonds is 9. The Morgan fingerprint density at radius 3 is 2.47 bits per heavy atom. The number of amides is 4. The molecule has 3 aromatic rings. The number of hydrogen-bond donors (Lipinski definition) is 4. The molecule has 4 amide bonds. The first-order valence-corrected chi connectivity index (χ1v) is 13.9. The molecule has 0 spiro atoms. The van der Waals surface area contributed by atoms with Gasteiger partial charge in [0.15, 0.2) is 11.5 Å². The summed E-state index contributed by atoms with van der Waals surface area (Å²) in [5.41, 5.74) is 2.41. The number of aromatic nitrogens is 1. The van der Waals surface area contributed by atoms with Gasteiger partial charge in [0, 0.05) is 56.2 Å². The average molecular weight is 589 g/mol. The summed E-state index contributed by atoms with van der Waals surface area (Å²) in [5.74, 6) is -0.529. The van der Waals surface area contributed by atoms with E-state index >= 15 is 0 Å². The Morgan fingerprint density at radius 2 is 1.74 bits per heavy atom. The standard InChI is InChI=1S/C30H32N6O7/c1-2-32-30(41)34-23-14-19(28(39)33-22(16-27(37)38)21-4-3-9-31-17-21)5-7-24(23)35-10-12-36(13-11-35)29(40)20-6-8-25-26(15-20)43-18-42-25/h3-9,14-15,17,22H,2,10-13,16,18H2,1H3,(H,33,39)(H,37,38)(H2,32,34,41). The van der Waals surface area contributed by atoms with Crippen LogP contribution in [0.5, 0.6) is 11.5 Å². The zero-order valence-corrected chi connectivity index (χ0v) is 23.5. The molecule has 0 aliphatic carbocycles. The molecule has 2 aliphatic rings. The molecule has 1 fully saturated rings. The van der Waals surface area contributed by atoms with Crippen LogP contribution in [0, 0.1) is 0 Å². The molecule has 224 valence electrons. The number of fused-ring (bicyclic) bond motifs is 1. The molecule has 4 N–H and O–H groups in total. The second-order valence-electron chi connectivity index (χ2n) is 9.97. The molecule has 2 aliphatic heterocycles. The number of nitrogens with zero attached hydrogens (tertiary/aromatic N) is 3. The third kappa shape index (κ3) is 6.94. The maximum absolute atomic E-state index is 13.3. The molecule has 5 rings (SSSR count). The lowest BCUT2D eigenvalue weighted by Crippen LogP contribution is -2.49. The Morgan fingerprint density at radius 1 is 0.977 bits per heavy atom.